The number of rotatable bonds is 5. The van der Waals surface area contributed by atoms with E-state index in [0.717, 1.165) is 55.9 Å². The van der Waals surface area contributed by atoms with Crippen LogP contribution in [0.1, 0.15) is 36.5 Å². The van der Waals surface area contributed by atoms with Crippen LogP contribution in [0.15, 0.2) is 12.1 Å². The van der Waals surface area contributed by atoms with Crippen molar-refractivity contribution in [1.29, 1.82) is 0 Å². The summed E-state index contributed by atoms with van der Waals surface area (Å²) in [6, 6.07) is 4.28. The zero-order valence-corrected chi connectivity index (χ0v) is 14.1. The maximum absolute atomic E-state index is 12.4. The zero-order valence-electron chi connectivity index (χ0n) is 14.1. The molecular formula is C18H28N2O2. The summed E-state index contributed by atoms with van der Waals surface area (Å²) in [4.78, 5) is 14.4. The van der Waals surface area contributed by atoms with Crippen LogP contribution in [0, 0.1) is 13.8 Å². The second-order valence-corrected chi connectivity index (χ2v) is 5.99. The Hall–Kier alpha value is -1.55. The predicted octanol–water partition coefficient (Wildman–Crippen LogP) is 2.46. The van der Waals surface area contributed by atoms with Crippen LogP contribution < -0.4 is 10.1 Å². The first-order valence-corrected chi connectivity index (χ1v) is 8.33. The van der Waals surface area contributed by atoms with Crippen molar-refractivity contribution < 1.29 is 9.53 Å². The lowest BCUT2D eigenvalue weighted by molar-refractivity contribution is -0.130. The molecule has 1 aliphatic heterocycles. The number of nitrogens with zero attached hydrogens (tertiary/aromatic N) is 1. The van der Waals surface area contributed by atoms with Crippen molar-refractivity contribution >= 4 is 5.91 Å². The van der Waals surface area contributed by atoms with Gasteiger partial charge < -0.3 is 15.0 Å². The average Bonchev–Trinajstić information content (AvgIpc) is 2.77. The molecule has 0 aromatic heterocycles. The van der Waals surface area contributed by atoms with Crippen LogP contribution in [0.5, 0.6) is 5.75 Å². The fraction of sp³-hybridized carbons (Fsp3) is 0.611. The molecule has 0 atom stereocenters. The standard InChI is InChI=1S/C18H28N2O2/c1-4-22-18-15(3)12-14(2)13-16(18)6-7-17(21)20-10-5-8-19-9-11-20/h12-13,19H,4-11H2,1-3H3. The average molecular weight is 304 g/mol. The number of ether oxygens (including phenoxy) is 1. The molecule has 1 N–H and O–H groups in total. The van der Waals surface area contributed by atoms with E-state index in [4.69, 9.17) is 4.74 Å². The smallest absolute Gasteiger partial charge is 0.222 e. The number of carbonyl (C=O) groups excluding carboxylic acids is 1. The van der Waals surface area contributed by atoms with Crippen LogP contribution in [0.4, 0.5) is 0 Å². The third kappa shape index (κ3) is 4.47. The summed E-state index contributed by atoms with van der Waals surface area (Å²) in [5.74, 6) is 1.21. The molecule has 22 heavy (non-hydrogen) atoms. The Balaban J connectivity index is 2.02. The molecule has 1 aromatic rings. The number of benzene rings is 1. The number of hydrogen-bond donors (Lipinski definition) is 1. The molecule has 4 heteroatoms. The van der Waals surface area contributed by atoms with Gasteiger partial charge in [0.15, 0.2) is 0 Å². The Kier molecular flexibility index (Phi) is 6.25. The van der Waals surface area contributed by atoms with Crippen LogP contribution in [0.2, 0.25) is 0 Å². The van der Waals surface area contributed by atoms with Crippen LogP contribution in [0.25, 0.3) is 0 Å². The molecule has 0 radical (unpaired) electrons. The highest BCUT2D eigenvalue weighted by molar-refractivity contribution is 5.76. The maximum Gasteiger partial charge on any atom is 0.222 e. The minimum atomic E-state index is 0.255. The Labute approximate surface area is 133 Å². The van der Waals surface area contributed by atoms with Gasteiger partial charge in [0.2, 0.25) is 5.91 Å². The van der Waals surface area contributed by atoms with E-state index >= 15 is 0 Å². The normalized spacial score (nSPS) is 15.5. The van der Waals surface area contributed by atoms with Gasteiger partial charge in [-0.25, -0.2) is 0 Å². The lowest BCUT2D eigenvalue weighted by atomic mass is 10.0. The van der Waals surface area contributed by atoms with Gasteiger partial charge in [-0.05, 0) is 51.3 Å². The summed E-state index contributed by atoms with van der Waals surface area (Å²) in [5, 5.41) is 3.33. The maximum atomic E-state index is 12.4. The Morgan fingerprint density at radius 2 is 2.09 bits per heavy atom. The molecule has 122 valence electrons. The van der Waals surface area contributed by atoms with Crippen molar-refractivity contribution in [3.05, 3.63) is 28.8 Å². The van der Waals surface area contributed by atoms with E-state index in [1.807, 2.05) is 11.8 Å². The van der Waals surface area contributed by atoms with E-state index in [1.54, 1.807) is 0 Å². The topological polar surface area (TPSA) is 41.6 Å². The Morgan fingerprint density at radius 3 is 2.86 bits per heavy atom. The number of nitrogens with one attached hydrogen (secondary N) is 1. The quantitative estimate of drug-likeness (QED) is 0.908. The highest BCUT2D eigenvalue weighted by Crippen LogP contribution is 2.26. The van der Waals surface area contributed by atoms with Crippen LogP contribution in [-0.2, 0) is 11.2 Å². The molecular weight excluding hydrogens is 276 g/mol. The molecule has 4 nitrogen and oxygen atoms in total. The van der Waals surface area contributed by atoms with E-state index in [9.17, 15) is 4.79 Å². The van der Waals surface area contributed by atoms with Crippen molar-refractivity contribution in [3.8, 4) is 5.75 Å². The molecule has 1 amide bonds. The number of carbonyl (C=O) groups is 1. The van der Waals surface area contributed by atoms with Gasteiger partial charge in [0.25, 0.3) is 0 Å². The highest BCUT2D eigenvalue weighted by atomic mass is 16.5. The summed E-state index contributed by atoms with van der Waals surface area (Å²) in [6.07, 6.45) is 2.35. The third-order valence-corrected chi connectivity index (χ3v) is 4.09. The van der Waals surface area contributed by atoms with Gasteiger partial charge in [-0.15, -0.1) is 0 Å². The largest absolute Gasteiger partial charge is 0.493 e. The molecule has 0 saturated carbocycles. The van der Waals surface area contributed by atoms with Crippen LogP contribution in [-0.4, -0.2) is 43.6 Å². The fourth-order valence-corrected chi connectivity index (χ4v) is 3.07. The second-order valence-electron chi connectivity index (χ2n) is 5.99. The van der Waals surface area contributed by atoms with Gasteiger partial charge in [-0.1, -0.05) is 17.7 Å². The zero-order chi connectivity index (χ0) is 15.9. The minimum Gasteiger partial charge on any atom is -0.493 e. The molecule has 1 aliphatic rings. The molecule has 1 heterocycles. The number of aryl methyl sites for hydroxylation is 3. The number of hydrogen-bond acceptors (Lipinski definition) is 3. The van der Waals surface area contributed by atoms with Crippen molar-refractivity contribution in [2.75, 3.05) is 32.8 Å². The molecule has 1 fully saturated rings. The molecule has 1 aromatic carbocycles. The lowest BCUT2D eigenvalue weighted by Crippen LogP contribution is -2.34. The van der Waals surface area contributed by atoms with Gasteiger partial charge in [-0.2, -0.15) is 0 Å². The van der Waals surface area contributed by atoms with E-state index in [2.05, 4.69) is 31.3 Å². The van der Waals surface area contributed by atoms with Crippen molar-refractivity contribution in [2.24, 2.45) is 0 Å². The summed E-state index contributed by atoms with van der Waals surface area (Å²) in [7, 11) is 0. The summed E-state index contributed by atoms with van der Waals surface area (Å²) in [6.45, 7) is 10.4. The molecule has 2 rings (SSSR count). The lowest BCUT2D eigenvalue weighted by Gasteiger charge is -2.20. The van der Waals surface area contributed by atoms with Crippen LogP contribution in [0.3, 0.4) is 0 Å². The van der Waals surface area contributed by atoms with Crippen molar-refractivity contribution in [1.82, 2.24) is 10.2 Å². The Morgan fingerprint density at radius 1 is 1.27 bits per heavy atom. The monoisotopic (exact) mass is 304 g/mol. The predicted molar refractivity (Wildman–Crippen MR) is 89.5 cm³/mol. The van der Waals surface area contributed by atoms with Gasteiger partial charge in [-0.3, -0.25) is 4.79 Å². The molecule has 1 saturated heterocycles. The second kappa shape index (κ2) is 8.18. The third-order valence-electron chi connectivity index (χ3n) is 4.09. The van der Waals surface area contributed by atoms with Crippen LogP contribution >= 0.6 is 0 Å². The highest BCUT2D eigenvalue weighted by Gasteiger charge is 2.16. The first-order chi connectivity index (χ1) is 10.6. The Bertz CT molecular complexity index is 506. The van der Waals surface area contributed by atoms with Gasteiger partial charge in [0, 0.05) is 26.1 Å². The fourth-order valence-electron chi connectivity index (χ4n) is 3.07. The first-order valence-electron chi connectivity index (χ1n) is 8.33. The van der Waals surface area contributed by atoms with E-state index < -0.39 is 0 Å². The molecule has 0 unspecified atom stereocenters. The summed E-state index contributed by atoms with van der Waals surface area (Å²) in [5.41, 5.74) is 3.53. The van der Waals surface area contributed by atoms with Gasteiger partial charge in [0.1, 0.15) is 5.75 Å². The van der Waals surface area contributed by atoms with Crippen molar-refractivity contribution in [2.45, 2.75) is 40.0 Å². The van der Waals surface area contributed by atoms with E-state index in [1.165, 1.54) is 5.56 Å². The van der Waals surface area contributed by atoms with Crippen molar-refractivity contribution in [3.63, 3.8) is 0 Å². The van der Waals surface area contributed by atoms with Gasteiger partial charge >= 0.3 is 0 Å². The molecule has 0 aliphatic carbocycles. The van der Waals surface area contributed by atoms with E-state index in [0.29, 0.717) is 13.0 Å². The summed E-state index contributed by atoms with van der Waals surface area (Å²) >= 11 is 0. The SMILES string of the molecule is CCOc1c(C)cc(C)cc1CCC(=O)N1CCCNCC1. The van der Waals surface area contributed by atoms with E-state index in [-0.39, 0.29) is 5.91 Å². The molecule has 0 spiro atoms. The molecule has 0 bridgehead atoms. The number of amides is 1. The summed E-state index contributed by atoms with van der Waals surface area (Å²) < 4.78 is 5.79. The van der Waals surface area contributed by atoms with Gasteiger partial charge in [0.05, 0.1) is 6.61 Å². The first kappa shape index (κ1) is 16.8. The minimum absolute atomic E-state index is 0.255.